The molecule has 4 N–H and O–H groups in total. The number of nitrogens with one attached hydrogen (secondary N) is 2. The van der Waals surface area contributed by atoms with E-state index in [1.54, 1.807) is 0 Å². The Balaban J connectivity index is 4.39. The molecule has 61 heavy (non-hydrogen) atoms. The fourth-order valence-electron chi connectivity index (χ4n) is 7.00. The van der Waals surface area contributed by atoms with Crippen molar-refractivity contribution < 1.29 is 34.1 Å². The summed E-state index contributed by atoms with van der Waals surface area (Å²) in [4.78, 5) is 47.8. The lowest BCUT2D eigenvalue weighted by molar-refractivity contribution is -0.150. The summed E-state index contributed by atoms with van der Waals surface area (Å²) in [7, 11) is 0. The Kier molecular flexibility index (Phi) is 43.4. The molecule has 0 rings (SSSR count). The van der Waals surface area contributed by atoms with Gasteiger partial charge < -0.3 is 25.6 Å². The van der Waals surface area contributed by atoms with Crippen LogP contribution in [-0.4, -0.2) is 59.3 Å². The van der Waals surface area contributed by atoms with E-state index >= 15 is 0 Å². The van der Waals surface area contributed by atoms with Crippen molar-refractivity contribution in [3.05, 3.63) is 60.8 Å². The van der Waals surface area contributed by atoms with Crippen LogP contribution < -0.4 is 10.6 Å². The van der Waals surface area contributed by atoms with E-state index < -0.39 is 24.5 Å². The molecular formula is C52H90N2O7. The molecule has 0 radical (unpaired) electrons. The number of rotatable bonds is 44. The van der Waals surface area contributed by atoms with Gasteiger partial charge >= 0.3 is 11.9 Å². The molecule has 2 amide bonds. The Morgan fingerprint density at radius 3 is 1.46 bits per heavy atom. The van der Waals surface area contributed by atoms with Gasteiger partial charge in [-0.25, -0.2) is 4.79 Å². The average Bonchev–Trinajstić information content (AvgIpc) is 3.25. The highest BCUT2D eigenvalue weighted by atomic mass is 16.5. The summed E-state index contributed by atoms with van der Waals surface area (Å²) in [6.07, 6.45) is 56.8. The minimum absolute atomic E-state index is 0.0574. The summed E-state index contributed by atoms with van der Waals surface area (Å²) in [5.74, 6) is -2.33. The number of aliphatic carboxylic acids is 1. The van der Waals surface area contributed by atoms with Gasteiger partial charge in [-0.3, -0.25) is 14.4 Å². The highest BCUT2D eigenvalue weighted by Gasteiger charge is 2.19. The summed E-state index contributed by atoms with van der Waals surface area (Å²) in [6, 6.07) is -1.39. The van der Waals surface area contributed by atoms with Crippen LogP contribution in [0.4, 0.5) is 0 Å². The lowest BCUT2D eigenvalue weighted by atomic mass is 10.0. The highest BCUT2D eigenvalue weighted by molar-refractivity contribution is 5.87. The van der Waals surface area contributed by atoms with E-state index in [0.29, 0.717) is 12.8 Å². The Morgan fingerprint density at radius 1 is 0.508 bits per heavy atom. The summed E-state index contributed by atoms with van der Waals surface area (Å²) >= 11 is 0. The second-order valence-electron chi connectivity index (χ2n) is 16.5. The van der Waals surface area contributed by atoms with Crippen LogP contribution in [0.5, 0.6) is 0 Å². The Morgan fingerprint density at radius 2 is 0.934 bits per heavy atom. The first-order valence-electron chi connectivity index (χ1n) is 24.7. The summed E-state index contributed by atoms with van der Waals surface area (Å²) in [5, 5.41) is 22.6. The number of ether oxygens (including phenoxy) is 1. The molecule has 0 aliphatic carbocycles. The van der Waals surface area contributed by atoms with E-state index in [2.05, 4.69) is 85.2 Å². The van der Waals surface area contributed by atoms with Gasteiger partial charge in [0.1, 0.15) is 12.1 Å². The number of unbranched alkanes of at least 4 members (excludes halogenated alkanes) is 20. The number of hydrogen-bond acceptors (Lipinski definition) is 6. The molecule has 0 heterocycles. The number of carbonyl (C=O) groups excluding carboxylic acids is 3. The predicted molar refractivity (Wildman–Crippen MR) is 254 cm³/mol. The van der Waals surface area contributed by atoms with Crippen molar-refractivity contribution in [2.45, 2.75) is 231 Å². The third-order valence-electron chi connectivity index (χ3n) is 10.7. The lowest BCUT2D eigenvalue weighted by Crippen LogP contribution is -2.47. The Bertz CT molecular complexity index is 1210. The zero-order valence-electron chi connectivity index (χ0n) is 38.9. The second kappa shape index (κ2) is 46.1. The first kappa shape index (κ1) is 57.5. The largest absolute Gasteiger partial charge is 0.480 e. The van der Waals surface area contributed by atoms with Gasteiger partial charge in [0, 0.05) is 12.8 Å². The van der Waals surface area contributed by atoms with Crippen molar-refractivity contribution in [3.8, 4) is 0 Å². The third kappa shape index (κ3) is 43.0. The summed E-state index contributed by atoms with van der Waals surface area (Å²) in [5.41, 5.74) is 0. The number of carbonyl (C=O) groups is 4. The number of hydrogen-bond donors (Lipinski definition) is 4. The predicted octanol–water partition coefficient (Wildman–Crippen LogP) is 12.9. The molecule has 0 aromatic heterocycles. The topological polar surface area (TPSA) is 142 Å². The maximum absolute atomic E-state index is 12.9. The fraction of sp³-hybridized carbons (Fsp3) is 0.731. The van der Waals surface area contributed by atoms with E-state index in [1.807, 2.05) is 0 Å². The number of aliphatic hydroxyl groups excluding tert-OH is 1. The van der Waals surface area contributed by atoms with Crippen LogP contribution in [0.25, 0.3) is 0 Å². The van der Waals surface area contributed by atoms with E-state index in [9.17, 15) is 19.2 Å². The number of aliphatic hydroxyl groups is 1. The minimum Gasteiger partial charge on any atom is -0.480 e. The van der Waals surface area contributed by atoms with E-state index in [0.717, 1.165) is 96.3 Å². The minimum atomic E-state index is -1.39. The molecular weight excluding hydrogens is 765 g/mol. The van der Waals surface area contributed by atoms with Crippen molar-refractivity contribution in [2.75, 3.05) is 13.2 Å². The van der Waals surface area contributed by atoms with Gasteiger partial charge in [0.15, 0.2) is 0 Å². The van der Waals surface area contributed by atoms with Crippen LogP contribution in [0.15, 0.2) is 60.8 Å². The van der Waals surface area contributed by atoms with Gasteiger partial charge in [0.25, 0.3) is 0 Å². The van der Waals surface area contributed by atoms with E-state index in [1.165, 1.54) is 89.9 Å². The molecule has 0 bridgehead atoms. The molecule has 0 saturated heterocycles. The number of carboxylic acids is 1. The average molecular weight is 855 g/mol. The zero-order valence-corrected chi connectivity index (χ0v) is 38.9. The zero-order chi connectivity index (χ0) is 44.7. The van der Waals surface area contributed by atoms with Gasteiger partial charge in [-0.15, -0.1) is 0 Å². The molecule has 2 atom stereocenters. The summed E-state index contributed by atoms with van der Waals surface area (Å²) < 4.78 is 6.04. The van der Waals surface area contributed by atoms with Gasteiger partial charge in [-0.05, 0) is 103 Å². The molecule has 0 aromatic rings. The number of carboxylic acid groups (broad SMARTS) is 1. The fourth-order valence-corrected chi connectivity index (χ4v) is 7.00. The molecule has 350 valence electrons. The Labute approximate surface area is 372 Å². The van der Waals surface area contributed by atoms with Crippen molar-refractivity contribution >= 4 is 23.8 Å². The van der Waals surface area contributed by atoms with Gasteiger partial charge in [0.05, 0.1) is 13.2 Å². The lowest BCUT2D eigenvalue weighted by Gasteiger charge is -2.18. The number of esters is 1. The monoisotopic (exact) mass is 855 g/mol. The van der Waals surface area contributed by atoms with Crippen LogP contribution in [-0.2, 0) is 23.9 Å². The normalized spacial score (nSPS) is 13.0. The molecule has 0 aromatic carbocycles. The van der Waals surface area contributed by atoms with E-state index in [-0.39, 0.29) is 30.9 Å². The standard InChI is InChI=1S/C52H90N2O7/c1-3-5-7-9-11-13-15-17-19-20-21-23-25-27-29-31-36-40-44-51(58)61-47(41-37-33-30-28-26-24-22-18-16-14-12-10-8-6-4-2)42-38-34-32-35-39-43-49(56)53-45-50(57)54-48(46-55)52(59)60/h6,8,12,14,18-20,22,26,28,47-48,55H,3-5,7,9-11,13,15-17,21,23-25,27,29-46H2,1-2H3,(H,53,56)(H,54,57)(H,59,60)/b8-6-,14-12-,20-19-,22-18-,28-26-. The van der Waals surface area contributed by atoms with Crippen LogP contribution in [0.1, 0.15) is 219 Å². The maximum atomic E-state index is 12.9. The van der Waals surface area contributed by atoms with Crippen LogP contribution in [0.2, 0.25) is 0 Å². The molecule has 0 spiro atoms. The molecule has 0 fully saturated rings. The van der Waals surface area contributed by atoms with Crippen LogP contribution in [0, 0.1) is 0 Å². The molecule has 0 aliphatic rings. The molecule has 2 unspecified atom stereocenters. The van der Waals surface area contributed by atoms with Crippen molar-refractivity contribution in [2.24, 2.45) is 0 Å². The van der Waals surface area contributed by atoms with Gasteiger partial charge in [0.2, 0.25) is 11.8 Å². The van der Waals surface area contributed by atoms with Crippen LogP contribution in [0.3, 0.4) is 0 Å². The molecule has 0 aliphatic heterocycles. The molecule has 9 nitrogen and oxygen atoms in total. The maximum Gasteiger partial charge on any atom is 0.328 e. The third-order valence-corrected chi connectivity index (χ3v) is 10.7. The number of allylic oxidation sites excluding steroid dienone is 10. The van der Waals surface area contributed by atoms with E-state index in [4.69, 9.17) is 14.9 Å². The highest BCUT2D eigenvalue weighted by Crippen LogP contribution is 2.18. The molecule has 9 heteroatoms. The Hall–Kier alpha value is -3.46. The second-order valence-corrected chi connectivity index (χ2v) is 16.5. The first-order valence-corrected chi connectivity index (χ1v) is 24.7. The summed E-state index contributed by atoms with van der Waals surface area (Å²) in [6.45, 7) is 3.37. The van der Waals surface area contributed by atoms with Crippen molar-refractivity contribution in [3.63, 3.8) is 0 Å². The van der Waals surface area contributed by atoms with Gasteiger partial charge in [-0.2, -0.15) is 0 Å². The molecule has 0 saturated carbocycles. The smallest absolute Gasteiger partial charge is 0.328 e. The SMILES string of the molecule is CC/C=C\C/C=C\C/C=C\C/C=C\CCCCC(CCCCCCCC(=O)NCC(=O)NC(CO)C(=O)O)OC(=O)CCCCCCCCC/C=C\CCCCCCCCC. The van der Waals surface area contributed by atoms with Crippen LogP contribution >= 0.6 is 0 Å². The van der Waals surface area contributed by atoms with Crippen molar-refractivity contribution in [1.29, 1.82) is 0 Å². The quantitative estimate of drug-likeness (QED) is 0.0271. The number of amides is 2. The van der Waals surface area contributed by atoms with Gasteiger partial charge in [-0.1, -0.05) is 164 Å². The first-order chi connectivity index (χ1) is 29.8. The van der Waals surface area contributed by atoms with Crippen molar-refractivity contribution in [1.82, 2.24) is 10.6 Å².